The number of anilines is 1. The predicted octanol–water partition coefficient (Wildman–Crippen LogP) is 1.75. The van der Waals surface area contributed by atoms with Crippen molar-refractivity contribution in [2.75, 3.05) is 46.3 Å². The summed E-state index contributed by atoms with van der Waals surface area (Å²) < 4.78 is 10.2. The molecule has 0 radical (unpaired) electrons. The number of ether oxygens (including phenoxy) is 2. The van der Waals surface area contributed by atoms with E-state index in [9.17, 15) is 0 Å². The van der Waals surface area contributed by atoms with E-state index in [1.54, 1.807) is 14.2 Å². The number of nitrogens with zero attached hydrogens (tertiary/aromatic N) is 1. The van der Waals surface area contributed by atoms with Crippen molar-refractivity contribution in [1.29, 1.82) is 0 Å². The fourth-order valence-corrected chi connectivity index (χ4v) is 1.84. The van der Waals surface area contributed by atoms with Crippen LogP contribution in [0.5, 0.6) is 0 Å². The predicted molar refractivity (Wildman–Crippen MR) is 74.5 cm³/mol. The summed E-state index contributed by atoms with van der Waals surface area (Å²) in [5.74, 6) is 0. The molecule has 102 valence electrons. The molecule has 1 rings (SSSR count). The van der Waals surface area contributed by atoms with Crippen LogP contribution in [-0.4, -0.2) is 45.4 Å². The van der Waals surface area contributed by atoms with E-state index in [1.807, 2.05) is 18.2 Å². The van der Waals surface area contributed by atoms with Gasteiger partial charge in [-0.05, 0) is 18.1 Å². The first-order valence-corrected chi connectivity index (χ1v) is 6.31. The molecule has 1 aromatic rings. The van der Waals surface area contributed by atoms with Gasteiger partial charge in [-0.3, -0.25) is 4.90 Å². The summed E-state index contributed by atoms with van der Waals surface area (Å²) >= 11 is 0. The second-order valence-corrected chi connectivity index (χ2v) is 4.31. The number of nitrogen functional groups attached to an aromatic ring is 1. The quantitative estimate of drug-likeness (QED) is 0.537. The van der Waals surface area contributed by atoms with Gasteiger partial charge in [0.2, 0.25) is 0 Å². The van der Waals surface area contributed by atoms with Crippen molar-refractivity contribution in [3.05, 3.63) is 29.8 Å². The Balaban J connectivity index is 2.51. The third-order valence-corrected chi connectivity index (χ3v) is 2.88. The van der Waals surface area contributed by atoms with E-state index < -0.39 is 0 Å². The van der Waals surface area contributed by atoms with Crippen LogP contribution in [0.3, 0.4) is 0 Å². The average molecular weight is 252 g/mol. The largest absolute Gasteiger partial charge is 0.398 e. The standard InChI is InChI=1S/C14H24N2O2/c1-17-10-5-8-16(9-11-18-2)12-13-6-3-4-7-14(13)15/h3-4,6-7H,5,8-12,15H2,1-2H3. The molecule has 0 atom stereocenters. The lowest BCUT2D eigenvalue weighted by Crippen LogP contribution is -2.29. The van der Waals surface area contributed by atoms with Gasteiger partial charge in [0.15, 0.2) is 0 Å². The van der Waals surface area contributed by atoms with Crippen LogP contribution in [0.1, 0.15) is 12.0 Å². The van der Waals surface area contributed by atoms with Crippen LogP contribution in [0.25, 0.3) is 0 Å². The minimum Gasteiger partial charge on any atom is -0.398 e. The zero-order valence-electron chi connectivity index (χ0n) is 11.4. The highest BCUT2D eigenvalue weighted by Gasteiger charge is 2.07. The number of hydrogen-bond acceptors (Lipinski definition) is 4. The maximum Gasteiger partial charge on any atom is 0.0589 e. The van der Waals surface area contributed by atoms with Gasteiger partial charge in [-0.25, -0.2) is 0 Å². The SMILES string of the molecule is COCCCN(CCOC)Cc1ccccc1N. The Labute approximate surface area is 110 Å². The molecular weight excluding hydrogens is 228 g/mol. The van der Waals surface area contributed by atoms with Crippen LogP contribution in [0.4, 0.5) is 5.69 Å². The lowest BCUT2D eigenvalue weighted by molar-refractivity contribution is 0.129. The van der Waals surface area contributed by atoms with Gasteiger partial charge in [-0.1, -0.05) is 18.2 Å². The summed E-state index contributed by atoms with van der Waals surface area (Å²) in [6, 6.07) is 8.00. The van der Waals surface area contributed by atoms with E-state index in [-0.39, 0.29) is 0 Å². The van der Waals surface area contributed by atoms with Crippen molar-refractivity contribution in [1.82, 2.24) is 4.90 Å². The summed E-state index contributed by atoms with van der Waals surface area (Å²) in [4.78, 5) is 2.34. The molecule has 1 aromatic carbocycles. The van der Waals surface area contributed by atoms with Gasteiger partial charge in [0.25, 0.3) is 0 Å². The Morgan fingerprint density at radius 1 is 1.06 bits per heavy atom. The lowest BCUT2D eigenvalue weighted by atomic mass is 10.1. The molecule has 2 N–H and O–H groups in total. The van der Waals surface area contributed by atoms with E-state index in [0.717, 1.165) is 45.0 Å². The molecule has 0 heterocycles. The molecule has 0 amide bonds. The normalized spacial score (nSPS) is 11.1. The number of para-hydroxylation sites is 1. The number of nitrogens with two attached hydrogens (primary N) is 1. The Bertz CT molecular complexity index is 331. The minimum atomic E-state index is 0.736. The van der Waals surface area contributed by atoms with Crippen molar-refractivity contribution in [3.8, 4) is 0 Å². The molecule has 4 heteroatoms. The molecule has 18 heavy (non-hydrogen) atoms. The zero-order valence-corrected chi connectivity index (χ0v) is 11.4. The third-order valence-electron chi connectivity index (χ3n) is 2.88. The zero-order chi connectivity index (χ0) is 13.2. The molecule has 4 nitrogen and oxygen atoms in total. The Hall–Kier alpha value is -1.10. The van der Waals surface area contributed by atoms with E-state index in [1.165, 1.54) is 5.56 Å². The van der Waals surface area contributed by atoms with Gasteiger partial charge in [0.1, 0.15) is 0 Å². The number of methoxy groups -OCH3 is 2. The molecule has 0 unspecified atom stereocenters. The highest BCUT2D eigenvalue weighted by Crippen LogP contribution is 2.13. The van der Waals surface area contributed by atoms with Crippen molar-refractivity contribution in [2.45, 2.75) is 13.0 Å². The van der Waals surface area contributed by atoms with E-state index >= 15 is 0 Å². The van der Waals surface area contributed by atoms with Crippen LogP contribution < -0.4 is 5.73 Å². The molecule has 0 saturated heterocycles. The molecule has 0 aromatic heterocycles. The van der Waals surface area contributed by atoms with Crippen LogP contribution in [0, 0.1) is 0 Å². The second-order valence-electron chi connectivity index (χ2n) is 4.31. The molecular formula is C14H24N2O2. The first-order valence-electron chi connectivity index (χ1n) is 6.31. The van der Waals surface area contributed by atoms with Gasteiger partial charge in [0.05, 0.1) is 6.61 Å². The maximum atomic E-state index is 5.97. The van der Waals surface area contributed by atoms with Gasteiger partial charge in [0, 0.05) is 46.1 Å². The first-order chi connectivity index (χ1) is 8.77. The van der Waals surface area contributed by atoms with E-state index in [4.69, 9.17) is 15.2 Å². The topological polar surface area (TPSA) is 47.7 Å². The van der Waals surface area contributed by atoms with E-state index in [2.05, 4.69) is 11.0 Å². The third kappa shape index (κ3) is 5.49. The average Bonchev–Trinajstić information content (AvgIpc) is 2.38. The fraction of sp³-hybridized carbons (Fsp3) is 0.571. The van der Waals surface area contributed by atoms with Crippen molar-refractivity contribution in [2.24, 2.45) is 0 Å². The smallest absolute Gasteiger partial charge is 0.0589 e. The molecule has 0 aliphatic heterocycles. The Morgan fingerprint density at radius 3 is 2.44 bits per heavy atom. The Morgan fingerprint density at radius 2 is 1.78 bits per heavy atom. The molecule has 0 aliphatic rings. The fourth-order valence-electron chi connectivity index (χ4n) is 1.84. The van der Waals surface area contributed by atoms with Crippen LogP contribution in [0.15, 0.2) is 24.3 Å². The molecule has 0 bridgehead atoms. The van der Waals surface area contributed by atoms with Crippen molar-refractivity contribution < 1.29 is 9.47 Å². The number of hydrogen-bond donors (Lipinski definition) is 1. The first kappa shape index (κ1) is 15.0. The number of benzene rings is 1. The minimum absolute atomic E-state index is 0.736. The number of rotatable bonds is 9. The van der Waals surface area contributed by atoms with Gasteiger partial charge in [-0.15, -0.1) is 0 Å². The second kappa shape index (κ2) is 8.91. The Kier molecular flexibility index (Phi) is 7.41. The van der Waals surface area contributed by atoms with Crippen molar-refractivity contribution in [3.63, 3.8) is 0 Å². The van der Waals surface area contributed by atoms with Crippen LogP contribution in [0.2, 0.25) is 0 Å². The summed E-state index contributed by atoms with van der Waals surface area (Å²) in [5, 5.41) is 0. The maximum absolute atomic E-state index is 5.97. The lowest BCUT2D eigenvalue weighted by Gasteiger charge is -2.22. The highest BCUT2D eigenvalue weighted by molar-refractivity contribution is 5.46. The van der Waals surface area contributed by atoms with Crippen molar-refractivity contribution >= 4 is 5.69 Å². The van der Waals surface area contributed by atoms with Gasteiger partial charge in [-0.2, -0.15) is 0 Å². The molecule has 0 fully saturated rings. The monoisotopic (exact) mass is 252 g/mol. The van der Waals surface area contributed by atoms with Gasteiger partial charge >= 0.3 is 0 Å². The van der Waals surface area contributed by atoms with Crippen LogP contribution >= 0.6 is 0 Å². The van der Waals surface area contributed by atoms with E-state index in [0.29, 0.717) is 0 Å². The molecule has 0 aliphatic carbocycles. The summed E-state index contributed by atoms with van der Waals surface area (Å²) in [5.41, 5.74) is 8.00. The molecule has 0 spiro atoms. The van der Waals surface area contributed by atoms with Crippen LogP contribution in [-0.2, 0) is 16.0 Å². The summed E-state index contributed by atoms with van der Waals surface area (Å²) in [7, 11) is 3.46. The highest BCUT2D eigenvalue weighted by atomic mass is 16.5. The van der Waals surface area contributed by atoms with Gasteiger partial charge < -0.3 is 15.2 Å². The summed E-state index contributed by atoms with van der Waals surface area (Å²) in [6.07, 6.45) is 1.02. The summed E-state index contributed by atoms with van der Waals surface area (Å²) in [6.45, 7) is 4.29. The molecule has 0 saturated carbocycles.